The van der Waals surface area contributed by atoms with E-state index in [9.17, 15) is 8.42 Å². The Morgan fingerprint density at radius 3 is 2.70 bits per heavy atom. The zero-order valence-corrected chi connectivity index (χ0v) is 13.3. The second kappa shape index (κ2) is 6.17. The number of benzene rings is 1. The van der Waals surface area contributed by atoms with E-state index in [0.29, 0.717) is 30.3 Å². The smallest absolute Gasteiger partial charge is 0.244 e. The van der Waals surface area contributed by atoms with E-state index in [0.717, 1.165) is 0 Å². The van der Waals surface area contributed by atoms with Crippen molar-refractivity contribution in [3.05, 3.63) is 27.7 Å². The molecule has 0 amide bonds. The molecule has 0 aliphatic carbocycles. The molecule has 1 heterocycles. The fraction of sp³-hybridized carbons (Fsp3) is 0.500. The lowest BCUT2D eigenvalue weighted by atomic mass is 10.2. The summed E-state index contributed by atoms with van der Waals surface area (Å²) in [6.07, 6.45) is 0. The summed E-state index contributed by atoms with van der Waals surface area (Å²) in [7, 11) is -3.68. The van der Waals surface area contributed by atoms with Crippen LogP contribution in [0.4, 0.5) is 0 Å². The van der Waals surface area contributed by atoms with E-state index in [1.54, 1.807) is 6.92 Å². The number of morpholine rings is 1. The van der Waals surface area contributed by atoms with Gasteiger partial charge in [0.1, 0.15) is 4.90 Å². The van der Waals surface area contributed by atoms with Crippen molar-refractivity contribution in [2.24, 2.45) is 5.73 Å². The molecule has 0 bridgehead atoms. The van der Waals surface area contributed by atoms with Crippen molar-refractivity contribution in [3.8, 4) is 0 Å². The van der Waals surface area contributed by atoms with Gasteiger partial charge < -0.3 is 10.5 Å². The molecule has 1 unspecified atom stereocenters. The maximum Gasteiger partial charge on any atom is 0.244 e. The van der Waals surface area contributed by atoms with Gasteiger partial charge in [-0.25, -0.2) is 8.42 Å². The highest BCUT2D eigenvalue weighted by molar-refractivity contribution is 7.89. The largest absolute Gasteiger partial charge is 0.378 e. The minimum absolute atomic E-state index is 0.0396. The third-order valence-electron chi connectivity index (χ3n) is 3.21. The van der Waals surface area contributed by atoms with Crippen LogP contribution in [0.3, 0.4) is 0 Å². The molecule has 20 heavy (non-hydrogen) atoms. The molecule has 1 aliphatic heterocycles. The van der Waals surface area contributed by atoms with Crippen molar-refractivity contribution in [1.82, 2.24) is 4.31 Å². The molecule has 2 N–H and O–H groups in total. The number of hydrogen-bond acceptors (Lipinski definition) is 4. The molecule has 1 saturated heterocycles. The molecule has 5 nitrogen and oxygen atoms in total. The van der Waals surface area contributed by atoms with Crippen LogP contribution in [-0.4, -0.2) is 38.5 Å². The van der Waals surface area contributed by atoms with Crippen molar-refractivity contribution < 1.29 is 13.2 Å². The van der Waals surface area contributed by atoms with Crippen molar-refractivity contribution in [2.75, 3.05) is 19.8 Å². The minimum atomic E-state index is -3.68. The van der Waals surface area contributed by atoms with Crippen LogP contribution < -0.4 is 5.73 Å². The molecule has 1 fully saturated rings. The molecule has 2 rings (SSSR count). The molecule has 0 aromatic heterocycles. The molecular weight excluding hydrogens is 323 g/mol. The third-order valence-corrected chi connectivity index (χ3v) is 6.04. The van der Waals surface area contributed by atoms with Crippen LogP contribution in [0.5, 0.6) is 0 Å². The first kappa shape index (κ1) is 16.0. The Labute approximate surface area is 128 Å². The summed E-state index contributed by atoms with van der Waals surface area (Å²) in [5, 5.41) is 0.470. The van der Waals surface area contributed by atoms with Gasteiger partial charge in [0, 0.05) is 24.2 Å². The molecule has 1 aromatic carbocycles. The first-order valence-corrected chi connectivity index (χ1v) is 8.35. The Bertz CT molecular complexity index is 607. The standard InChI is InChI=1S/C12H16Cl2N2O3S/c1-8-7-19-3-2-16(8)20(17,18)12-4-9(6-15)10(13)5-11(12)14/h4-5,8H,2-3,6-7,15H2,1H3. The molecule has 0 spiro atoms. The summed E-state index contributed by atoms with van der Waals surface area (Å²) >= 11 is 12.0. The van der Waals surface area contributed by atoms with Gasteiger partial charge >= 0.3 is 0 Å². The summed E-state index contributed by atoms with van der Waals surface area (Å²) in [5.41, 5.74) is 6.11. The Balaban J connectivity index is 2.48. The maximum atomic E-state index is 12.7. The molecule has 112 valence electrons. The Hall–Kier alpha value is -0.370. The zero-order valence-electron chi connectivity index (χ0n) is 11.0. The fourth-order valence-corrected chi connectivity index (χ4v) is 4.57. The van der Waals surface area contributed by atoms with Gasteiger partial charge in [-0.1, -0.05) is 23.2 Å². The van der Waals surface area contributed by atoms with Crippen LogP contribution in [0.2, 0.25) is 10.0 Å². The molecule has 0 radical (unpaired) electrons. The second-order valence-corrected chi connectivity index (χ2v) is 7.29. The van der Waals surface area contributed by atoms with E-state index in [4.69, 9.17) is 33.7 Å². The van der Waals surface area contributed by atoms with E-state index >= 15 is 0 Å². The second-order valence-electron chi connectivity index (χ2n) is 4.62. The van der Waals surface area contributed by atoms with E-state index in [1.807, 2.05) is 0 Å². The highest BCUT2D eigenvalue weighted by atomic mass is 35.5. The minimum Gasteiger partial charge on any atom is -0.378 e. The lowest BCUT2D eigenvalue weighted by Gasteiger charge is -2.32. The van der Waals surface area contributed by atoms with Crippen LogP contribution in [0.15, 0.2) is 17.0 Å². The Kier molecular flexibility index (Phi) is 4.94. The number of halogens is 2. The van der Waals surface area contributed by atoms with Gasteiger partial charge in [0.25, 0.3) is 0 Å². The Morgan fingerprint density at radius 1 is 1.40 bits per heavy atom. The third kappa shape index (κ3) is 2.95. The highest BCUT2D eigenvalue weighted by Crippen LogP contribution is 2.31. The Morgan fingerprint density at radius 2 is 2.10 bits per heavy atom. The van der Waals surface area contributed by atoms with E-state index < -0.39 is 10.0 Å². The number of hydrogen-bond donors (Lipinski definition) is 1. The number of nitrogens with two attached hydrogens (primary N) is 1. The first-order valence-electron chi connectivity index (χ1n) is 6.15. The number of sulfonamides is 1. The van der Waals surface area contributed by atoms with E-state index in [-0.39, 0.29) is 22.5 Å². The summed E-state index contributed by atoms with van der Waals surface area (Å²) < 4.78 is 32.1. The topological polar surface area (TPSA) is 72.6 Å². The lowest BCUT2D eigenvalue weighted by Crippen LogP contribution is -2.47. The molecule has 1 aliphatic rings. The van der Waals surface area contributed by atoms with Crippen molar-refractivity contribution in [3.63, 3.8) is 0 Å². The van der Waals surface area contributed by atoms with Gasteiger partial charge in [0.2, 0.25) is 10.0 Å². The molecule has 0 saturated carbocycles. The highest BCUT2D eigenvalue weighted by Gasteiger charge is 2.33. The summed E-state index contributed by atoms with van der Waals surface area (Å²) in [6.45, 7) is 2.99. The molecular formula is C12H16Cl2N2O3S. The average Bonchev–Trinajstić information content (AvgIpc) is 2.38. The number of rotatable bonds is 3. The van der Waals surface area contributed by atoms with Gasteiger partial charge in [-0.15, -0.1) is 0 Å². The quantitative estimate of drug-likeness (QED) is 0.912. The van der Waals surface area contributed by atoms with Crippen LogP contribution in [0, 0.1) is 0 Å². The van der Waals surface area contributed by atoms with Crippen LogP contribution in [0.25, 0.3) is 0 Å². The van der Waals surface area contributed by atoms with Crippen LogP contribution >= 0.6 is 23.2 Å². The SMILES string of the molecule is CC1COCCN1S(=O)(=O)c1cc(CN)c(Cl)cc1Cl. The summed E-state index contributed by atoms with van der Waals surface area (Å²) in [4.78, 5) is 0.0396. The predicted octanol–water partition coefficient (Wildman–Crippen LogP) is 1.86. The van der Waals surface area contributed by atoms with Gasteiger partial charge in [0.15, 0.2) is 0 Å². The van der Waals surface area contributed by atoms with Gasteiger partial charge in [-0.2, -0.15) is 4.31 Å². The first-order chi connectivity index (χ1) is 9.37. The average molecular weight is 339 g/mol. The van der Waals surface area contributed by atoms with Crippen molar-refractivity contribution in [1.29, 1.82) is 0 Å². The van der Waals surface area contributed by atoms with Gasteiger partial charge in [-0.3, -0.25) is 0 Å². The van der Waals surface area contributed by atoms with Crippen molar-refractivity contribution in [2.45, 2.75) is 24.4 Å². The summed E-state index contributed by atoms with van der Waals surface area (Å²) in [6, 6.07) is 2.63. The van der Waals surface area contributed by atoms with E-state index in [2.05, 4.69) is 0 Å². The van der Waals surface area contributed by atoms with Crippen LogP contribution in [-0.2, 0) is 21.3 Å². The monoisotopic (exact) mass is 338 g/mol. The van der Waals surface area contributed by atoms with Crippen molar-refractivity contribution >= 4 is 33.2 Å². The van der Waals surface area contributed by atoms with Crippen LogP contribution in [0.1, 0.15) is 12.5 Å². The normalized spacial score (nSPS) is 21.1. The van der Waals surface area contributed by atoms with E-state index in [1.165, 1.54) is 16.4 Å². The zero-order chi connectivity index (χ0) is 14.9. The summed E-state index contributed by atoms with van der Waals surface area (Å²) in [5.74, 6) is 0. The predicted molar refractivity (Wildman–Crippen MR) is 78.5 cm³/mol. The molecule has 1 atom stereocenters. The number of nitrogens with zero attached hydrogens (tertiary/aromatic N) is 1. The molecule has 8 heteroatoms. The van der Waals surface area contributed by atoms with Gasteiger partial charge in [-0.05, 0) is 24.6 Å². The lowest BCUT2D eigenvalue weighted by molar-refractivity contribution is 0.0393. The maximum absolute atomic E-state index is 12.7. The number of ether oxygens (including phenoxy) is 1. The fourth-order valence-electron chi connectivity index (χ4n) is 2.12. The van der Waals surface area contributed by atoms with Gasteiger partial charge in [0.05, 0.1) is 18.2 Å². The molecule has 1 aromatic rings.